The molecule has 17 heavy (non-hydrogen) atoms. The van der Waals surface area contributed by atoms with E-state index in [1.807, 2.05) is 13.8 Å². The smallest absolute Gasteiger partial charge is 0.264 e. The third-order valence-electron chi connectivity index (χ3n) is 2.04. The molecule has 0 N–H and O–H groups in total. The number of hydrogen-bond donors (Lipinski definition) is 0. The Bertz CT molecular complexity index is 448. The molecule has 1 unspecified atom stereocenters. The zero-order valence-corrected chi connectivity index (χ0v) is 11.3. The summed E-state index contributed by atoms with van der Waals surface area (Å²) in [5, 5.41) is 0. The molecule has 1 atom stereocenters. The Morgan fingerprint density at radius 1 is 1.06 bits per heavy atom. The molecule has 5 heteroatoms. The lowest BCUT2D eigenvalue weighted by molar-refractivity contribution is 0.234. The van der Waals surface area contributed by atoms with Gasteiger partial charge in [0.25, 0.3) is 10.1 Å². The zero-order chi connectivity index (χ0) is 13.1. The van der Waals surface area contributed by atoms with Gasteiger partial charge < -0.3 is 4.74 Å². The quantitative estimate of drug-likeness (QED) is 0.761. The van der Waals surface area contributed by atoms with Crippen molar-refractivity contribution in [1.82, 2.24) is 0 Å². The Hall–Kier alpha value is -1.07. The summed E-state index contributed by atoms with van der Waals surface area (Å²) in [6.07, 6.45) is 0.670. The Kier molecular flexibility index (Phi) is 4.54. The van der Waals surface area contributed by atoms with Crippen LogP contribution in [0.1, 0.15) is 32.4 Å². The Morgan fingerprint density at radius 3 is 2.00 bits per heavy atom. The fourth-order valence-electron chi connectivity index (χ4n) is 1.41. The first-order chi connectivity index (χ1) is 7.78. The highest BCUT2D eigenvalue weighted by Crippen LogP contribution is 2.22. The molecule has 0 saturated heterocycles. The molecule has 96 valence electrons. The van der Waals surface area contributed by atoms with Crippen molar-refractivity contribution in [3.8, 4) is 5.75 Å². The second-order valence-electron chi connectivity index (χ2n) is 4.18. The van der Waals surface area contributed by atoms with E-state index in [0.29, 0.717) is 0 Å². The van der Waals surface area contributed by atoms with Crippen molar-refractivity contribution in [3.05, 3.63) is 29.8 Å². The first kappa shape index (κ1) is 14.0. The summed E-state index contributed by atoms with van der Waals surface area (Å²) in [6, 6.07) is 7.20. The minimum absolute atomic E-state index is 0.116. The monoisotopic (exact) mass is 258 g/mol. The van der Waals surface area contributed by atoms with Crippen LogP contribution in [0.15, 0.2) is 24.3 Å². The fraction of sp³-hybridized carbons (Fsp3) is 0.500. The SMILES string of the molecule is CC(C)Oc1ccc(C(C)OS(C)(=O)=O)cc1. The van der Waals surface area contributed by atoms with Gasteiger partial charge >= 0.3 is 0 Å². The maximum absolute atomic E-state index is 11.0. The van der Waals surface area contributed by atoms with Gasteiger partial charge in [-0.05, 0) is 38.5 Å². The molecule has 1 aromatic carbocycles. The summed E-state index contributed by atoms with van der Waals surface area (Å²) < 4.78 is 32.3. The van der Waals surface area contributed by atoms with Gasteiger partial charge in [-0.2, -0.15) is 8.42 Å². The van der Waals surface area contributed by atoms with Crippen LogP contribution in [0.4, 0.5) is 0 Å². The average molecular weight is 258 g/mol. The summed E-state index contributed by atoms with van der Waals surface area (Å²) in [5.74, 6) is 0.760. The molecule has 0 amide bonds. The minimum Gasteiger partial charge on any atom is -0.491 e. The summed E-state index contributed by atoms with van der Waals surface area (Å²) in [5.41, 5.74) is 0.798. The van der Waals surface area contributed by atoms with Crippen molar-refractivity contribution >= 4 is 10.1 Å². The Labute approximate surface area is 103 Å². The summed E-state index contributed by atoms with van der Waals surface area (Å²) in [7, 11) is -3.43. The molecule has 0 bridgehead atoms. The van der Waals surface area contributed by atoms with E-state index in [0.717, 1.165) is 17.6 Å². The van der Waals surface area contributed by atoms with Crippen molar-refractivity contribution in [2.45, 2.75) is 33.0 Å². The lowest BCUT2D eigenvalue weighted by atomic mass is 10.1. The van der Waals surface area contributed by atoms with Crippen LogP contribution in [0.5, 0.6) is 5.75 Å². The predicted molar refractivity (Wildman–Crippen MR) is 66.5 cm³/mol. The minimum atomic E-state index is -3.43. The summed E-state index contributed by atoms with van der Waals surface area (Å²) in [6.45, 7) is 5.59. The average Bonchev–Trinajstić information content (AvgIpc) is 2.15. The second-order valence-corrected chi connectivity index (χ2v) is 5.78. The van der Waals surface area contributed by atoms with Crippen LogP contribution in [-0.2, 0) is 14.3 Å². The van der Waals surface area contributed by atoms with Crippen LogP contribution >= 0.6 is 0 Å². The van der Waals surface area contributed by atoms with E-state index in [1.165, 1.54) is 0 Å². The number of ether oxygens (including phenoxy) is 1. The molecule has 0 aliphatic heterocycles. The topological polar surface area (TPSA) is 52.6 Å². The van der Waals surface area contributed by atoms with E-state index in [1.54, 1.807) is 31.2 Å². The van der Waals surface area contributed by atoms with Gasteiger partial charge in [0, 0.05) is 0 Å². The Morgan fingerprint density at radius 2 is 1.59 bits per heavy atom. The van der Waals surface area contributed by atoms with E-state index in [2.05, 4.69) is 0 Å². The Balaban J connectivity index is 2.73. The third kappa shape index (κ3) is 5.19. The van der Waals surface area contributed by atoms with E-state index >= 15 is 0 Å². The van der Waals surface area contributed by atoms with Crippen molar-refractivity contribution in [1.29, 1.82) is 0 Å². The largest absolute Gasteiger partial charge is 0.491 e. The number of hydrogen-bond acceptors (Lipinski definition) is 4. The lowest BCUT2D eigenvalue weighted by Crippen LogP contribution is -2.08. The van der Waals surface area contributed by atoms with Gasteiger partial charge in [0.05, 0.1) is 18.5 Å². The van der Waals surface area contributed by atoms with E-state index in [4.69, 9.17) is 8.92 Å². The predicted octanol–water partition coefficient (Wildman–Crippen LogP) is 2.51. The highest BCUT2D eigenvalue weighted by Gasteiger charge is 2.12. The summed E-state index contributed by atoms with van der Waals surface area (Å²) in [4.78, 5) is 0. The van der Waals surface area contributed by atoms with E-state index in [9.17, 15) is 8.42 Å². The zero-order valence-electron chi connectivity index (χ0n) is 10.5. The molecule has 0 aliphatic rings. The molecule has 0 radical (unpaired) electrons. The lowest BCUT2D eigenvalue weighted by Gasteiger charge is -2.13. The molecule has 0 fully saturated rings. The van der Waals surface area contributed by atoms with Crippen LogP contribution in [0.3, 0.4) is 0 Å². The molecular weight excluding hydrogens is 240 g/mol. The van der Waals surface area contributed by atoms with Gasteiger partial charge in [-0.1, -0.05) is 12.1 Å². The van der Waals surface area contributed by atoms with Gasteiger partial charge in [-0.15, -0.1) is 0 Å². The molecule has 4 nitrogen and oxygen atoms in total. The van der Waals surface area contributed by atoms with Crippen molar-refractivity contribution < 1.29 is 17.3 Å². The van der Waals surface area contributed by atoms with Gasteiger partial charge in [0.1, 0.15) is 5.75 Å². The normalized spacial score (nSPS) is 13.7. The second kappa shape index (κ2) is 5.51. The van der Waals surface area contributed by atoms with Gasteiger partial charge in [-0.25, -0.2) is 0 Å². The first-order valence-electron chi connectivity index (χ1n) is 5.43. The molecule has 0 spiro atoms. The van der Waals surface area contributed by atoms with Crippen LogP contribution in [0, 0.1) is 0 Å². The molecule has 0 aromatic heterocycles. The molecule has 0 aliphatic carbocycles. The molecule has 1 rings (SSSR count). The maximum atomic E-state index is 11.0. The maximum Gasteiger partial charge on any atom is 0.264 e. The highest BCUT2D eigenvalue weighted by atomic mass is 32.2. The molecular formula is C12H18O4S. The standard InChI is InChI=1S/C12H18O4S/c1-9(2)15-12-7-5-11(6-8-12)10(3)16-17(4,13)14/h5-10H,1-4H3. The van der Waals surface area contributed by atoms with Crippen LogP contribution in [0.25, 0.3) is 0 Å². The number of rotatable bonds is 5. The fourth-order valence-corrected chi connectivity index (χ4v) is 2.04. The number of benzene rings is 1. The highest BCUT2D eigenvalue weighted by molar-refractivity contribution is 7.86. The van der Waals surface area contributed by atoms with E-state index < -0.39 is 16.2 Å². The van der Waals surface area contributed by atoms with Crippen molar-refractivity contribution in [2.24, 2.45) is 0 Å². The molecule has 0 saturated carbocycles. The summed E-state index contributed by atoms with van der Waals surface area (Å²) >= 11 is 0. The third-order valence-corrected chi connectivity index (χ3v) is 2.68. The first-order valence-corrected chi connectivity index (χ1v) is 7.24. The van der Waals surface area contributed by atoms with Crippen molar-refractivity contribution in [2.75, 3.05) is 6.26 Å². The van der Waals surface area contributed by atoms with Crippen LogP contribution in [0.2, 0.25) is 0 Å². The van der Waals surface area contributed by atoms with E-state index in [-0.39, 0.29) is 6.10 Å². The van der Waals surface area contributed by atoms with Crippen LogP contribution in [-0.4, -0.2) is 20.8 Å². The van der Waals surface area contributed by atoms with Gasteiger partial charge in [-0.3, -0.25) is 4.18 Å². The van der Waals surface area contributed by atoms with Crippen LogP contribution < -0.4 is 4.74 Å². The van der Waals surface area contributed by atoms with Gasteiger partial charge in [0.15, 0.2) is 0 Å². The molecule has 1 aromatic rings. The van der Waals surface area contributed by atoms with Gasteiger partial charge in [0.2, 0.25) is 0 Å². The van der Waals surface area contributed by atoms with Crippen molar-refractivity contribution in [3.63, 3.8) is 0 Å². The molecule has 0 heterocycles.